The molecule has 0 aromatic rings. The lowest BCUT2D eigenvalue weighted by Crippen LogP contribution is -2.43. The average molecular weight is 563 g/mol. The van der Waals surface area contributed by atoms with Crippen LogP contribution in [0.3, 0.4) is 0 Å². The highest BCUT2D eigenvalue weighted by Crippen LogP contribution is 2.29. The number of unbranched alkanes of at least 4 members (excludes halogenated alkanes) is 5. The third-order valence-electron chi connectivity index (χ3n) is 5.20. The van der Waals surface area contributed by atoms with E-state index in [1.165, 1.54) is 0 Å². The van der Waals surface area contributed by atoms with Crippen molar-refractivity contribution >= 4 is 41.8 Å². The van der Waals surface area contributed by atoms with E-state index in [1.54, 1.807) is 0 Å². The molecule has 0 unspecified atom stereocenters. The Hall–Kier alpha value is -3.71. The summed E-state index contributed by atoms with van der Waals surface area (Å²) in [5.41, 5.74) is -2.19. The molecular weight excluding hydrogens is 524 g/mol. The molecule has 14 heteroatoms. The van der Waals surface area contributed by atoms with E-state index in [2.05, 4.69) is 21.1 Å². The van der Waals surface area contributed by atoms with Gasteiger partial charge in [0.2, 0.25) is 0 Å². The first-order chi connectivity index (χ1) is 18.5. The van der Waals surface area contributed by atoms with E-state index in [0.717, 1.165) is 53.4 Å². The molecule has 14 nitrogen and oxygen atoms in total. The van der Waals surface area contributed by atoms with E-state index in [9.17, 15) is 33.6 Å². The number of ether oxygens (including phenoxy) is 7. The lowest BCUT2D eigenvalue weighted by atomic mass is 9.91. The molecule has 0 fully saturated rings. The van der Waals surface area contributed by atoms with Gasteiger partial charge in [0.15, 0.2) is 19.8 Å². The standard InChI is InChI=1S/C25H38O14/c1-5-6-7-8-9-10-11-18(26)39-25(12-19(27)36-15-22(30)33-2,13-20(28)37-16-23(31)34-3)14-21(29)38-17-24(32)35-4/h5-17H2,1-4H3. The van der Waals surface area contributed by atoms with Gasteiger partial charge in [-0.1, -0.05) is 39.0 Å². The molecule has 222 valence electrons. The minimum atomic E-state index is -2.19. The Morgan fingerprint density at radius 1 is 0.487 bits per heavy atom. The molecule has 0 heterocycles. The second kappa shape index (κ2) is 20.3. The monoisotopic (exact) mass is 562 g/mol. The summed E-state index contributed by atoms with van der Waals surface area (Å²) in [6, 6.07) is 0. The van der Waals surface area contributed by atoms with E-state index in [0.29, 0.717) is 6.42 Å². The van der Waals surface area contributed by atoms with Gasteiger partial charge in [0.25, 0.3) is 0 Å². The molecule has 0 atom stereocenters. The van der Waals surface area contributed by atoms with Crippen molar-refractivity contribution in [1.82, 2.24) is 0 Å². The van der Waals surface area contributed by atoms with E-state index in [1.807, 2.05) is 0 Å². The first kappa shape index (κ1) is 35.3. The molecule has 0 amide bonds. The van der Waals surface area contributed by atoms with Crippen LogP contribution in [0.2, 0.25) is 0 Å². The molecule has 0 aliphatic rings. The maximum Gasteiger partial charge on any atom is 0.344 e. The number of methoxy groups -OCH3 is 3. The van der Waals surface area contributed by atoms with E-state index >= 15 is 0 Å². The van der Waals surface area contributed by atoms with Crippen LogP contribution in [0.4, 0.5) is 0 Å². The Bertz CT molecular complexity index is 751. The molecule has 39 heavy (non-hydrogen) atoms. The summed E-state index contributed by atoms with van der Waals surface area (Å²) in [5, 5.41) is 0. The van der Waals surface area contributed by atoms with Crippen molar-refractivity contribution in [1.29, 1.82) is 0 Å². The van der Waals surface area contributed by atoms with Crippen LogP contribution >= 0.6 is 0 Å². The van der Waals surface area contributed by atoms with Crippen molar-refractivity contribution in [3.8, 4) is 0 Å². The number of carbonyl (C=O) groups is 7. The fourth-order valence-corrected chi connectivity index (χ4v) is 3.18. The quantitative estimate of drug-likeness (QED) is 0.118. The van der Waals surface area contributed by atoms with Crippen LogP contribution in [0, 0.1) is 0 Å². The topological polar surface area (TPSA) is 184 Å². The number of esters is 7. The summed E-state index contributed by atoms with van der Waals surface area (Å²) < 4.78 is 33.1. The molecule has 0 saturated heterocycles. The van der Waals surface area contributed by atoms with Crippen LogP contribution < -0.4 is 0 Å². The summed E-state index contributed by atoms with van der Waals surface area (Å²) >= 11 is 0. The largest absolute Gasteiger partial charge is 0.466 e. The Morgan fingerprint density at radius 3 is 1.21 bits per heavy atom. The van der Waals surface area contributed by atoms with Gasteiger partial charge in [-0.15, -0.1) is 0 Å². The molecule has 0 spiro atoms. The second-order valence-corrected chi connectivity index (χ2v) is 8.42. The van der Waals surface area contributed by atoms with Gasteiger partial charge in [-0.05, 0) is 6.42 Å². The summed E-state index contributed by atoms with van der Waals surface area (Å²) in [6.45, 7) is -0.274. The predicted octanol–water partition coefficient (Wildman–Crippen LogP) is 1.34. The smallest absolute Gasteiger partial charge is 0.344 e. The van der Waals surface area contributed by atoms with Crippen LogP contribution in [-0.2, 0) is 66.7 Å². The van der Waals surface area contributed by atoms with Crippen molar-refractivity contribution in [3.63, 3.8) is 0 Å². The molecule has 0 aliphatic heterocycles. The molecule has 0 aromatic carbocycles. The average Bonchev–Trinajstić information content (AvgIpc) is 2.90. The molecule has 0 N–H and O–H groups in total. The van der Waals surface area contributed by atoms with Gasteiger partial charge in [0.1, 0.15) is 5.60 Å². The number of hydrogen-bond donors (Lipinski definition) is 0. The summed E-state index contributed by atoms with van der Waals surface area (Å²) in [7, 11) is 3.21. The van der Waals surface area contributed by atoms with Crippen molar-refractivity contribution in [2.75, 3.05) is 41.2 Å². The molecule has 0 aromatic heterocycles. The van der Waals surface area contributed by atoms with E-state index in [-0.39, 0.29) is 6.42 Å². The maximum atomic E-state index is 12.7. The second-order valence-electron chi connectivity index (χ2n) is 8.42. The number of carbonyl (C=O) groups excluding carboxylic acids is 7. The summed E-state index contributed by atoms with van der Waals surface area (Å²) in [6.07, 6.45) is 2.49. The Labute approximate surface area is 226 Å². The van der Waals surface area contributed by atoms with Crippen LogP contribution in [-0.4, -0.2) is 88.5 Å². The lowest BCUT2D eigenvalue weighted by Gasteiger charge is -2.31. The minimum absolute atomic E-state index is 0.0838. The highest BCUT2D eigenvalue weighted by molar-refractivity contribution is 5.83. The zero-order chi connectivity index (χ0) is 29.7. The molecule has 0 radical (unpaired) electrons. The van der Waals surface area contributed by atoms with Crippen LogP contribution in [0.1, 0.15) is 71.1 Å². The Morgan fingerprint density at radius 2 is 0.846 bits per heavy atom. The first-order valence-electron chi connectivity index (χ1n) is 12.4. The predicted molar refractivity (Wildman–Crippen MR) is 130 cm³/mol. The normalized spacial score (nSPS) is 10.6. The summed E-state index contributed by atoms with van der Waals surface area (Å²) in [5.74, 6) is -6.83. The van der Waals surface area contributed by atoms with Crippen molar-refractivity contribution in [2.24, 2.45) is 0 Å². The van der Waals surface area contributed by atoms with Gasteiger partial charge in [-0.3, -0.25) is 19.2 Å². The maximum absolute atomic E-state index is 12.7. The van der Waals surface area contributed by atoms with Crippen molar-refractivity contribution in [3.05, 3.63) is 0 Å². The van der Waals surface area contributed by atoms with Crippen LogP contribution in [0.15, 0.2) is 0 Å². The zero-order valence-electron chi connectivity index (χ0n) is 22.9. The van der Waals surface area contributed by atoms with E-state index < -0.39 is 86.5 Å². The third kappa shape index (κ3) is 17.4. The van der Waals surface area contributed by atoms with Gasteiger partial charge in [0, 0.05) is 6.42 Å². The van der Waals surface area contributed by atoms with Gasteiger partial charge >= 0.3 is 41.8 Å². The molecular formula is C25H38O14. The van der Waals surface area contributed by atoms with Gasteiger partial charge in [-0.2, -0.15) is 0 Å². The van der Waals surface area contributed by atoms with Crippen LogP contribution in [0.5, 0.6) is 0 Å². The number of rotatable bonds is 20. The first-order valence-corrected chi connectivity index (χ1v) is 12.4. The van der Waals surface area contributed by atoms with Crippen molar-refractivity contribution in [2.45, 2.75) is 76.7 Å². The summed E-state index contributed by atoms with van der Waals surface area (Å²) in [4.78, 5) is 84.4. The molecule has 0 aliphatic carbocycles. The highest BCUT2D eigenvalue weighted by atomic mass is 16.6. The molecule has 0 saturated carbocycles. The lowest BCUT2D eigenvalue weighted by molar-refractivity contribution is -0.181. The zero-order valence-corrected chi connectivity index (χ0v) is 22.9. The molecule has 0 rings (SSSR count). The molecule has 0 bridgehead atoms. The van der Waals surface area contributed by atoms with E-state index in [4.69, 9.17) is 18.9 Å². The van der Waals surface area contributed by atoms with Crippen molar-refractivity contribution < 1.29 is 66.7 Å². The third-order valence-corrected chi connectivity index (χ3v) is 5.20. The van der Waals surface area contributed by atoms with Gasteiger partial charge in [-0.25, -0.2) is 14.4 Å². The van der Waals surface area contributed by atoms with Gasteiger partial charge < -0.3 is 33.2 Å². The SMILES string of the molecule is CCCCCCCCC(=O)OC(CC(=O)OCC(=O)OC)(CC(=O)OCC(=O)OC)CC(=O)OCC(=O)OC. The Kier molecular flexibility index (Phi) is 18.3. The van der Waals surface area contributed by atoms with Crippen LogP contribution in [0.25, 0.3) is 0 Å². The highest BCUT2D eigenvalue weighted by Gasteiger charge is 2.43. The Balaban J connectivity index is 5.81. The fourth-order valence-electron chi connectivity index (χ4n) is 3.18. The number of hydrogen-bond acceptors (Lipinski definition) is 14. The van der Waals surface area contributed by atoms with Gasteiger partial charge in [0.05, 0.1) is 40.6 Å². The minimum Gasteiger partial charge on any atom is -0.466 e. The fraction of sp³-hybridized carbons (Fsp3) is 0.720.